The predicted octanol–water partition coefficient (Wildman–Crippen LogP) is 2.26. The van der Waals surface area contributed by atoms with Crippen LogP contribution in [0.1, 0.15) is 32.1 Å². The Morgan fingerprint density at radius 1 is 0.667 bits per heavy atom. The van der Waals surface area contributed by atoms with Crippen molar-refractivity contribution in [2.45, 2.75) is 38.1 Å². The van der Waals surface area contributed by atoms with E-state index in [0.29, 0.717) is 6.04 Å². The van der Waals surface area contributed by atoms with Gasteiger partial charge in [0.2, 0.25) is 0 Å². The fourth-order valence-electron chi connectivity index (χ4n) is 6.90. The van der Waals surface area contributed by atoms with Crippen molar-refractivity contribution in [2.24, 2.45) is 53.1 Å². The van der Waals surface area contributed by atoms with Crippen molar-refractivity contribution in [2.75, 3.05) is 0 Å². The topological polar surface area (TPSA) is 26.0 Å². The lowest BCUT2D eigenvalue weighted by Gasteiger charge is -2.49. The molecule has 5 aliphatic carbocycles. The zero-order chi connectivity index (χ0) is 9.73. The number of hydrogen-bond acceptors (Lipinski definition) is 1. The molecule has 5 aliphatic rings. The fourth-order valence-corrected chi connectivity index (χ4v) is 6.90. The molecule has 2 N–H and O–H groups in total. The summed E-state index contributed by atoms with van der Waals surface area (Å²) < 4.78 is 0. The minimum absolute atomic E-state index is 0.592. The zero-order valence-corrected chi connectivity index (χ0v) is 9.31. The normalized spacial score (nSPS) is 73.0. The van der Waals surface area contributed by atoms with Gasteiger partial charge in [-0.2, -0.15) is 0 Å². The van der Waals surface area contributed by atoms with Crippen molar-refractivity contribution < 1.29 is 0 Å². The molecule has 5 rings (SSSR count). The monoisotopic (exact) mass is 203 g/mol. The summed E-state index contributed by atoms with van der Waals surface area (Å²) in [7, 11) is 0. The van der Waals surface area contributed by atoms with Gasteiger partial charge in [-0.25, -0.2) is 0 Å². The number of fused-ring (bicyclic) bond motifs is 12. The highest BCUT2D eigenvalue weighted by molar-refractivity contribution is 5.17. The summed E-state index contributed by atoms with van der Waals surface area (Å²) in [4.78, 5) is 0. The zero-order valence-electron chi connectivity index (χ0n) is 9.31. The standard InChI is InChI=1S/C14H21N/c15-12-4-6-3-11(12)14-10-5-9(13(6)14)7-1-2-8(7)10/h6-14H,1-5,15H2. The Morgan fingerprint density at radius 2 is 1.40 bits per heavy atom. The molecule has 0 aromatic heterocycles. The van der Waals surface area contributed by atoms with Gasteiger partial charge in [0.05, 0.1) is 0 Å². The molecule has 0 aromatic carbocycles. The van der Waals surface area contributed by atoms with Crippen LogP contribution in [0.2, 0.25) is 0 Å². The molecule has 0 spiro atoms. The molecule has 0 amide bonds. The molecule has 15 heavy (non-hydrogen) atoms. The molecule has 9 unspecified atom stereocenters. The Morgan fingerprint density at radius 3 is 2.13 bits per heavy atom. The maximum atomic E-state index is 6.31. The first-order chi connectivity index (χ1) is 7.34. The third-order valence-corrected chi connectivity index (χ3v) is 7.20. The van der Waals surface area contributed by atoms with E-state index in [2.05, 4.69) is 0 Å². The Balaban J connectivity index is 1.58. The molecular formula is C14H21N. The van der Waals surface area contributed by atoms with Crippen molar-refractivity contribution >= 4 is 0 Å². The Kier molecular flexibility index (Phi) is 1.24. The average molecular weight is 203 g/mol. The molecule has 0 heterocycles. The maximum absolute atomic E-state index is 6.31. The van der Waals surface area contributed by atoms with Gasteiger partial charge in [0, 0.05) is 6.04 Å². The van der Waals surface area contributed by atoms with Crippen LogP contribution in [0.15, 0.2) is 0 Å². The van der Waals surface area contributed by atoms with E-state index in [-0.39, 0.29) is 0 Å². The van der Waals surface area contributed by atoms with E-state index in [1.807, 2.05) is 0 Å². The SMILES string of the molecule is NC1CC2CC1C1C3CC(C4CCC43)C21. The third-order valence-electron chi connectivity index (χ3n) is 7.20. The number of hydrogen-bond donors (Lipinski definition) is 1. The first-order valence-electron chi connectivity index (χ1n) is 7.10. The smallest absolute Gasteiger partial charge is 0.00728 e. The molecule has 9 atom stereocenters. The van der Waals surface area contributed by atoms with Crippen LogP contribution in [-0.4, -0.2) is 6.04 Å². The van der Waals surface area contributed by atoms with E-state index in [1.165, 1.54) is 30.6 Å². The predicted molar refractivity (Wildman–Crippen MR) is 59.0 cm³/mol. The van der Waals surface area contributed by atoms with Crippen molar-refractivity contribution in [1.29, 1.82) is 0 Å². The Hall–Kier alpha value is -0.0400. The molecule has 5 saturated carbocycles. The van der Waals surface area contributed by atoms with Crippen LogP contribution in [0.3, 0.4) is 0 Å². The van der Waals surface area contributed by atoms with Gasteiger partial charge >= 0.3 is 0 Å². The molecule has 0 saturated heterocycles. The lowest BCUT2D eigenvalue weighted by Crippen LogP contribution is -2.47. The van der Waals surface area contributed by atoms with Crippen molar-refractivity contribution in [3.05, 3.63) is 0 Å². The highest BCUT2D eigenvalue weighted by Gasteiger charge is 2.68. The fraction of sp³-hybridized carbons (Fsp3) is 1.00. The van der Waals surface area contributed by atoms with Crippen molar-refractivity contribution in [3.63, 3.8) is 0 Å². The Labute approximate surface area is 91.8 Å². The first kappa shape index (κ1) is 8.11. The summed E-state index contributed by atoms with van der Waals surface area (Å²) in [6.07, 6.45) is 7.67. The van der Waals surface area contributed by atoms with Gasteiger partial charge < -0.3 is 5.73 Å². The molecule has 1 heteroatoms. The van der Waals surface area contributed by atoms with Gasteiger partial charge in [0.1, 0.15) is 0 Å². The minimum Gasteiger partial charge on any atom is -0.327 e. The van der Waals surface area contributed by atoms with Gasteiger partial charge in [0.15, 0.2) is 0 Å². The second-order valence-electron chi connectivity index (χ2n) is 7.18. The largest absolute Gasteiger partial charge is 0.327 e. The van der Waals surface area contributed by atoms with E-state index in [1.54, 1.807) is 19.3 Å². The number of rotatable bonds is 0. The van der Waals surface area contributed by atoms with E-state index >= 15 is 0 Å². The molecule has 5 fully saturated rings. The van der Waals surface area contributed by atoms with E-state index in [4.69, 9.17) is 5.73 Å². The summed E-state index contributed by atoms with van der Waals surface area (Å²) in [6, 6.07) is 0.592. The van der Waals surface area contributed by atoms with Gasteiger partial charge in [-0.05, 0) is 79.4 Å². The van der Waals surface area contributed by atoms with Crippen LogP contribution in [-0.2, 0) is 0 Å². The first-order valence-corrected chi connectivity index (χ1v) is 7.10. The highest BCUT2D eigenvalue weighted by atomic mass is 14.8. The molecule has 0 aromatic rings. The van der Waals surface area contributed by atoms with Crippen LogP contribution < -0.4 is 5.73 Å². The van der Waals surface area contributed by atoms with E-state index in [9.17, 15) is 0 Å². The molecule has 82 valence electrons. The Bertz CT molecular complexity index is 325. The maximum Gasteiger partial charge on any atom is 0.00728 e. The van der Waals surface area contributed by atoms with E-state index in [0.717, 1.165) is 29.6 Å². The lowest BCUT2D eigenvalue weighted by molar-refractivity contribution is -0.00701. The van der Waals surface area contributed by atoms with E-state index < -0.39 is 0 Å². The summed E-state index contributed by atoms with van der Waals surface area (Å²) in [5, 5.41) is 0. The molecule has 1 nitrogen and oxygen atoms in total. The van der Waals surface area contributed by atoms with Crippen LogP contribution >= 0.6 is 0 Å². The molecule has 4 bridgehead atoms. The summed E-state index contributed by atoms with van der Waals surface area (Å²) >= 11 is 0. The van der Waals surface area contributed by atoms with Gasteiger partial charge in [-0.3, -0.25) is 0 Å². The second-order valence-corrected chi connectivity index (χ2v) is 7.18. The van der Waals surface area contributed by atoms with Crippen LogP contribution in [0.4, 0.5) is 0 Å². The summed E-state index contributed by atoms with van der Waals surface area (Å²) in [5.41, 5.74) is 6.31. The summed E-state index contributed by atoms with van der Waals surface area (Å²) in [5.74, 6) is 8.94. The highest BCUT2D eigenvalue weighted by Crippen LogP contribution is 2.73. The van der Waals surface area contributed by atoms with Crippen LogP contribution in [0, 0.1) is 47.3 Å². The third kappa shape index (κ3) is 0.712. The molecular weight excluding hydrogens is 182 g/mol. The van der Waals surface area contributed by atoms with Gasteiger partial charge in [-0.1, -0.05) is 0 Å². The van der Waals surface area contributed by atoms with Crippen molar-refractivity contribution in [3.8, 4) is 0 Å². The second kappa shape index (κ2) is 2.30. The lowest BCUT2D eigenvalue weighted by atomic mass is 9.56. The minimum atomic E-state index is 0.592. The summed E-state index contributed by atoms with van der Waals surface area (Å²) in [6.45, 7) is 0. The van der Waals surface area contributed by atoms with Gasteiger partial charge in [-0.15, -0.1) is 0 Å². The molecule has 0 aliphatic heterocycles. The average Bonchev–Trinajstić information content (AvgIpc) is 2.78. The van der Waals surface area contributed by atoms with Gasteiger partial charge in [0.25, 0.3) is 0 Å². The molecule has 0 radical (unpaired) electrons. The quantitative estimate of drug-likeness (QED) is 0.600. The van der Waals surface area contributed by atoms with Crippen LogP contribution in [0.5, 0.6) is 0 Å². The number of nitrogens with two attached hydrogens (primary N) is 1. The van der Waals surface area contributed by atoms with Crippen molar-refractivity contribution in [1.82, 2.24) is 0 Å². The van der Waals surface area contributed by atoms with Crippen LogP contribution in [0.25, 0.3) is 0 Å².